The van der Waals surface area contributed by atoms with E-state index in [0.717, 1.165) is 44.6 Å². The first-order valence-corrected chi connectivity index (χ1v) is 16.4. The Balaban J connectivity index is 1.34. The summed E-state index contributed by atoms with van der Waals surface area (Å²) in [5.41, 5.74) is 1.79. The Morgan fingerprint density at radius 2 is 1.69 bits per heavy atom. The van der Waals surface area contributed by atoms with E-state index < -0.39 is 36.0 Å². The van der Waals surface area contributed by atoms with Crippen LogP contribution in [0.2, 0.25) is 0 Å². The minimum absolute atomic E-state index is 0.224. The number of fused-ring (bicyclic) bond motifs is 1. The predicted molar refractivity (Wildman–Crippen MR) is 165 cm³/mol. The number of unbranched alkanes of at least 4 members (excludes halogenated alkanes) is 7. The van der Waals surface area contributed by atoms with Crippen LogP contribution in [0.25, 0.3) is 0 Å². The van der Waals surface area contributed by atoms with Crippen LogP contribution in [0.3, 0.4) is 0 Å². The summed E-state index contributed by atoms with van der Waals surface area (Å²) in [6.07, 6.45) is 10.2. The summed E-state index contributed by atoms with van der Waals surface area (Å²) in [4.78, 5) is 15.5. The molecule has 0 spiro atoms. The number of ether oxygens (including phenoxy) is 5. The summed E-state index contributed by atoms with van der Waals surface area (Å²) in [7, 11) is 0. The zero-order valence-corrected chi connectivity index (χ0v) is 26.5. The summed E-state index contributed by atoms with van der Waals surface area (Å²) in [5, 5.41) is 6.37. The molecule has 42 heavy (non-hydrogen) atoms. The molecule has 0 radical (unpaired) electrons. The molecule has 0 aromatic heterocycles. The Bertz CT molecular complexity index is 938. The van der Waals surface area contributed by atoms with Gasteiger partial charge in [-0.25, -0.2) is 4.79 Å². The van der Waals surface area contributed by atoms with Gasteiger partial charge in [-0.3, -0.25) is 5.32 Å². The van der Waals surface area contributed by atoms with Crippen LogP contribution in [0.5, 0.6) is 0 Å². The molecule has 1 aromatic rings. The monoisotopic (exact) mass is 589 g/mol. The molecule has 9 heteroatoms. The molecule has 0 bridgehead atoms. The van der Waals surface area contributed by atoms with Crippen molar-refractivity contribution in [3.05, 3.63) is 29.8 Å². The van der Waals surface area contributed by atoms with E-state index in [2.05, 4.69) is 22.5 Å². The summed E-state index contributed by atoms with van der Waals surface area (Å²) < 4.78 is 31.5. The summed E-state index contributed by atoms with van der Waals surface area (Å²) in [5.74, 6) is -2.03. The molecule has 4 rings (SSSR count). The quantitative estimate of drug-likeness (QED) is 0.202. The number of carbonyl (C=O) groups excluding carboxylic acids is 1. The zero-order chi connectivity index (χ0) is 29.8. The van der Waals surface area contributed by atoms with E-state index in [4.69, 9.17) is 23.7 Å². The van der Waals surface area contributed by atoms with E-state index in [0.29, 0.717) is 18.8 Å². The first-order valence-electron chi connectivity index (χ1n) is 16.4. The van der Waals surface area contributed by atoms with Gasteiger partial charge >= 0.3 is 6.09 Å². The van der Waals surface area contributed by atoms with Gasteiger partial charge in [0.1, 0.15) is 12.7 Å². The van der Waals surface area contributed by atoms with Crippen LogP contribution in [0.1, 0.15) is 90.5 Å². The van der Waals surface area contributed by atoms with Crippen molar-refractivity contribution in [3.8, 4) is 0 Å². The number of rotatable bonds is 18. The lowest BCUT2D eigenvalue weighted by molar-refractivity contribution is -0.277. The summed E-state index contributed by atoms with van der Waals surface area (Å²) in [6.45, 7) is 13.5. The van der Waals surface area contributed by atoms with Gasteiger partial charge in [0.25, 0.3) is 0 Å². The van der Waals surface area contributed by atoms with Gasteiger partial charge in [0.05, 0.1) is 0 Å². The van der Waals surface area contributed by atoms with E-state index in [1.807, 2.05) is 45.0 Å². The Hall–Kier alpha value is -1.75. The van der Waals surface area contributed by atoms with Crippen molar-refractivity contribution in [2.45, 2.75) is 122 Å². The maximum Gasteiger partial charge on any atom is 0.412 e. The molecule has 0 aliphatic carbocycles. The Morgan fingerprint density at radius 1 is 1.00 bits per heavy atom. The molecule has 4 atom stereocenters. The van der Waals surface area contributed by atoms with Crippen LogP contribution < -0.4 is 10.6 Å². The summed E-state index contributed by atoms with van der Waals surface area (Å²) in [6, 6.07) is 7.63. The van der Waals surface area contributed by atoms with Gasteiger partial charge < -0.3 is 33.9 Å². The number of hydrogen-bond donors (Lipinski definition) is 2. The van der Waals surface area contributed by atoms with Gasteiger partial charge in [0, 0.05) is 31.9 Å². The molecular weight excluding hydrogens is 534 g/mol. The predicted octanol–water partition coefficient (Wildman–Crippen LogP) is 6.00. The fourth-order valence-corrected chi connectivity index (χ4v) is 6.21. The Kier molecular flexibility index (Phi) is 12.9. The maximum absolute atomic E-state index is 13.1. The van der Waals surface area contributed by atoms with Gasteiger partial charge in [-0.15, -0.1) is 0 Å². The normalized spacial score (nSPS) is 26.9. The van der Waals surface area contributed by atoms with Crippen LogP contribution >= 0.6 is 0 Å². The number of hydrogen-bond acceptors (Lipinski definition) is 8. The molecule has 3 heterocycles. The minimum Gasteiger partial charge on any atom is -0.440 e. The smallest absolute Gasteiger partial charge is 0.412 e. The third-order valence-corrected chi connectivity index (χ3v) is 8.41. The average molecular weight is 590 g/mol. The molecule has 3 saturated heterocycles. The number of amides is 1. The highest BCUT2D eigenvalue weighted by molar-refractivity contribution is 5.84. The highest BCUT2D eigenvalue weighted by atomic mass is 16.9. The second kappa shape index (κ2) is 16.4. The van der Waals surface area contributed by atoms with E-state index in [9.17, 15) is 4.79 Å². The molecule has 9 nitrogen and oxygen atoms in total. The number of benzene rings is 1. The molecule has 3 aliphatic rings. The molecule has 1 aromatic carbocycles. The fourth-order valence-electron chi connectivity index (χ4n) is 6.21. The van der Waals surface area contributed by atoms with Crippen molar-refractivity contribution >= 4 is 11.8 Å². The number of aryl methyl sites for hydroxylation is 1. The second-order valence-electron chi connectivity index (χ2n) is 12.6. The van der Waals surface area contributed by atoms with Gasteiger partial charge in [-0.2, -0.15) is 0 Å². The molecule has 3 aliphatic heterocycles. The zero-order valence-electron chi connectivity index (χ0n) is 26.5. The number of nitrogens with zero attached hydrogens (tertiary/aromatic N) is 1. The highest BCUT2D eigenvalue weighted by Crippen LogP contribution is 2.46. The second-order valence-corrected chi connectivity index (χ2v) is 12.6. The number of likely N-dealkylation sites (tertiary alicyclic amines) is 1. The summed E-state index contributed by atoms with van der Waals surface area (Å²) >= 11 is 0. The first-order chi connectivity index (χ1) is 20.3. The Morgan fingerprint density at radius 3 is 2.40 bits per heavy atom. The fraction of sp³-hybridized carbons (Fsp3) is 0.788. The van der Waals surface area contributed by atoms with Gasteiger partial charge in [0.15, 0.2) is 18.0 Å². The van der Waals surface area contributed by atoms with Crippen molar-refractivity contribution in [1.82, 2.24) is 10.2 Å². The van der Waals surface area contributed by atoms with E-state index in [1.54, 1.807) is 0 Å². The van der Waals surface area contributed by atoms with Gasteiger partial charge in [0.2, 0.25) is 5.79 Å². The molecule has 0 saturated carbocycles. The van der Waals surface area contributed by atoms with Crippen molar-refractivity contribution < 1.29 is 28.5 Å². The van der Waals surface area contributed by atoms with Crippen LogP contribution in [0.15, 0.2) is 24.3 Å². The van der Waals surface area contributed by atoms with Gasteiger partial charge in [-0.1, -0.05) is 69.6 Å². The van der Waals surface area contributed by atoms with Crippen molar-refractivity contribution in [1.29, 1.82) is 0 Å². The third kappa shape index (κ3) is 9.89. The van der Waals surface area contributed by atoms with Gasteiger partial charge in [-0.05, 0) is 65.3 Å². The largest absolute Gasteiger partial charge is 0.440 e. The van der Waals surface area contributed by atoms with Crippen LogP contribution in [0, 0.1) is 6.92 Å². The van der Waals surface area contributed by atoms with E-state index in [-0.39, 0.29) is 6.61 Å². The van der Waals surface area contributed by atoms with E-state index >= 15 is 0 Å². The lowest BCUT2D eigenvalue weighted by Crippen LogP contribution is -2.46. The minimum atomic E-state index is -1.14. The highest BCUT2D eigenvalue weighted by Gasteiger charge is 2.66. The topological polar surface area (TPSA) is 90.5 Å². The SMILES string of the molecule is CCCCCCCCCCOC[C@@]12O[C@@H](CNCCN3CCCC3)[C@@H](OC(=O)Nc3ccc(C)cc3)[C@@H]1OC(C)(C)O2. The van der Waals surface area contributed by atoms with Crippen LogP contribution in [0.4, 0.5) is 10.5 Å². The molecule has 3 fully saturated rings. The average Bonchev–Trinajstić information content (AvgIpc) is 3.63. The van der Waals surface area contributed by atoms with Crippen molar-refractivity contribution in [2.75, 3.05) is 51.3 Å². The number of anilines is 1. The lowest BCUT2D eigenvalue weighted by Gasteiger charge is -2.29. The van der Waals surface area contributed by atoms with Crippen molar-refractivity contribution in [3.63, 3.8) is 0 Å². The molecule has 0 unspecified atom stereocenters. The number of nitrogens with one attached hydrogen (secondary N) is 2. The van der Waals surface area contributed by atoms with E-state index in [1.165, 1.54) is 51.4 Å². The van der Waals surface area contributed by atoms with Crippen molar-refractivity contribution in [2.24, 2.45) is 0 Å². The lowest BCUT2D eigenvalue weighted by atomic mass is 10.1. The van der Waals surface area contributed by atoms with Crippen LogP contribution in [-0.2, 0) is 23.7 Å². The molecule has 1 amide bonds. The van der Waals surface area contributed by atoms with Crippen LogP contribution in [-0.4, -0.2) is 86.8 Å². The number of carbonyl (C=O) groups is 1. The standard InChI is InChI=1S/C33H55N3O6/c1-5-6-7-8-9-10-11-14-23-38-25-33-30(41-32(3,4)42-33)29(39-31(37)35-27-17-15-26(2)16-18-27)28(40-33)24-34-19-22-36-20-12-13-21-36/h15-18,28-30,34H,5-14,19-25H2,1-4H3,(H,35,37)/t28-,29+,30-,33-/m0/s1. The third-order valence-electron chi connectivity index (χ3n) is 8.41. The Labute approximate surface area is 253 Å². The first kappa shape index (κ1) is 33.1. The maximum atomic E-state index is 13.1. The molecular formula is C33H55N3O6. The molecule has 238 valence electrons. The molecule has 2 N–H and O–H groups in total.